The Kier molecular flexibility index (Phi) is 3.01. The number of benzene rings is 2. The molecule has 4 heteroatoms. The molecule has 0 spiro atoms. The fourth-order valence-corrected chi connectivity index (χ4v) is 3.87. The fraction of sp³-hybridized carbons (Fsp3) is 0.333. The van der Waals surface area contributed by atoms with E-state index >= 15 is 0 Å². The van der Waals surface area contributed by atoms with Gasteiger partial charge in [-0.05, 0) is 54.7 Å². The molecule has 4 atom stereocenters. The molecule has 0 aromatic heterocycles. The van der Waals surface area contributed by atoms with Crippen LogP contribution in [-0.4, -0.2) is 21.4 Å². The van der Waals surface area contributed by atoms with Gasteiger partial charge in [0.25, 0.3) is 0 Å². The smallest absolute Gasteiger partial charge is 0.127 e. The van der Waals surface area contributed by atoms with Gasteiger partial charge in [-0.2, -0.15) is 0 Å². The van der Waals surface area contributed by atoms with Gasteiger partial charge in [-0.1, -0.05) is 12.1 Å². The minimum absolute atomic E-state index is 0.139. The summed E-state index contributed by atoms with van der Waals surface area (Å²) in [6, 6.07) is 12.2. The number of hydrogen-bond acceptors (Lipinski definition) is 4. The number of phenols is 2. The van der Waals surface area contributed by atoms with Crippen molar-refractivity contribution >= 4 is 0 Å². The summed E-state index contributed by atoms with van der Waals surface area (Å²) >= 11 is 0. The minimum atomic E-state index is -0.341. The summed E-state index contributed by atoms with van der Waals surface area (Å²) in [4.78, 5) is 0. The van der Waals surface area contributed by atoms with Crippen LogP contribution in [0.25, 0.3) is 0 Å². The van der Waals surface area contributed by atoms with E-state index in [1.54, 1.807) is 30.3 Å². The summed E-state index contributed by atoms with van der Waals surface area (Å²) < 4.78 is 6.17. The van der Waals surface area contributed by atoms with E-state index in [0.717, 1.165) is 16.9 Å². The second kappa shape index (κ2) is 4.92. The van der Waals surface area contributed by atoms with Crippen LogP contribution in [0.1, 0.15) is 36.0 Å². The quantitative estimate of drug-likeness (QED) is 0.756. The van der Waals surface area contributed by atoms with Crippen LogP contribution >= 0.6 is 0 Å². The summed E-state index contributed by atoms with van der Waals surface area (Å²) in [5.41, 5.74) is 1.98. The summed E-state index contributed by atoms with van der Waals surface area (Å²) in [5, 5.41) is 29.3. The normalized spacial score (nSPS) is 29.5. The summed E-state index contributed by atoms with van der Waals surface area (Å²) in [7, 11) is 0. The van der Waals surface area contributed by atoms with Crippen molar-refractivity contribution in [1.29, 1.82) is 0 Å². The largest absolute Gasteiger partial charge is 0.508 e. The zero-order valence-corrected chi connectivity index (χ0v) is 12.0. The molecule has 4 nitrogen and oxygen atoms in total. The van der Waals surface area contributed by atoms with Gasteiger partial charge in [0, 0.05) is 11.5 Å². The Bertz CT molecular complexity index is 695. The van der Waals surface area contributed by atoms with Gasteiger partial charge in [0.15, 0.2) is 0 Å². The molecule has 114 valence electrons. The van der Waals surface area contributed by atoms with Crippen molar-refractivity contribution in [1.82, 2.24) is 0 Å². The Balaban J connectivity index is 1.78. The third-order valence-electron chi connectivity index (χ3n) is 4.84. The lowest BCUT2D eigenvalue weighted by Crippen LogP contribution is -2.26. The number of aromatic hydroxyl groups is 2. The Labute approximate surface area is 128 Å². The first kappa shape index (κ1) is 13.5. The highest BCUT2D eigenvalue weighted by atomic mass is 16.5. The predicted molar refractivity (Wildman–Crippen MR) is 81.1 cm³/mol. The SMILES string of the molecule is Oc1ccc(C2Oc3ccc(O)cc3[C@H]3CC(O)CC23)cc1. The number of phenolic OH excluding ortho intramolecular Hbond substituents is 2. The zero-order valence-electron chi connectivity index (χ0n) is 12.0. The first-order valence-corrected chi connectivity index (χ1v) is 7.58. The summed E-state index contributed by atoms with van der Waals surface area (Å²) in [6.45, 7) is 0. The molecule has 3 unspecified atom stereocenters. The highest BCUT2D eigenvalue weighted by Gasteiger charge is 2.45. The molecule has 0 radical (unpaired) electrons. The van der Waals surface area contributed by atoms with Crippen LogP contribution in [-0.2, 0) is 0 Å². The molecule has 2 aliphatic rings. The number of aliphatic hydroxyl groups is 1. The van der Waals surface area contributed by atoms with Gasteiger partial charge < -0.3 is 20.1 Å². The predicted octanol–water partition coefficient (Wildman–Crippen LogP) is 3.09. The number of aliphatic hydroxyl groups excluding tert-OH is 1. The van der Waals surface area contributed by atoms with Crippen LogP contribution in [0.15, 0.2) is 42.5 Å². The Morgan fingerprint density at radius 3 is 2.41 bits per heavy atom. The van der Waals surface area contributed by atoms with E-state index in [0.29, 0.717) is 12.8 Å². The van der Waals surface area contributed by atoms with Gasteiger partial charge in [0.05, 0.1) is 6.10 Å². The molecule has 22 heavy (non-hydrogen) atoms. The van der Waals surface area contributed by atoms with E-state index < -0.39 is 0 Å². The van der Waals surface area contributed by atoms with Gasteiger partial charge >= 0.3 is 0 Å². The van der Waals surface area contributed by atoms with Gasteiger partial charge in [0.2, 0.25) is 0 Å². The van der Waals surface area contributed by atoms with Gasteiger partial charge in [-0.3, -0.25) is 0 Å². The molecule has 3 N–H and O–H groups in total. The van der Waals surface area contributed by atoms with Crippen molar-refractivity contribution in [3.8, 4) is 17.2 Å². The molecule has 0 bridgehead atoms. The molecule has 0 amide bonds. The van der Waals surface area contributed by atoms with Crippen molar-refractivity contribution in [3.63, 3.8) is 0 Å². The van der Waals surface area contributed by atoms with E-state index in [4.69, 9.17) is 4.74 Å². The third-order valence-corrected chi connectivity index (χ3v) is 4.84. The first-order chi connectivity index (χ1) is 10.6. The molecule has 1 aliphatic carbocycles. The number of rotatable bonds is 1. The third kappa shape index (κ3) is 2.11. The van der Waals surface area contributed by atoms with Gasteiger partial charge in [0.1, 0.15) is 23.4 Å². The highest BCUT2D eigenvalue weighted by molar-refractivity contribution is 5.46. The van der Waals surface area contributed by atoms with Crippen LogP contribution in [0.3, 0.4) is 0 Å². The minimum Gasteiger partial charge on any atom is -0.508 e. The van der Waals surface area contributed by atoms with E-state index in [1.165, 1.54) is 0 Å². The Hall–Kier alpha value is -2.20. The average Bonchev–Trinajstić information content (AvgIpc) is 2.89. The van der Waals surface area contributed by atoms with Crippen molar-refractivity contribution < 1.29 is 20.1 Å². The van der Waals surface area contributed by atoms with E-state index in [9.17, 15) is 15.3 Å². The van der Waals surface area contributed by atoms with Crippen molar-refractivity contribution in [3.05, 3.63) is 53.6 Å². The Morgan fingerprint density at radius 2 is 1.64 bits per heavy atom. The van der Waals surface area contributed by atoms with Crippen molar-refractivity contribution in [2.75, 3.05) is 0 Å². The first-order valence-electron chi connectivity index (χ1n) is 7.58. The maximum Gasteiger partial charge on any atom is 0.127 e. The second-order valence-electron chi connectivity index (χ2n) is 6.25. The monoisotopic (exact) mass is 298 g/mol. The van der Waals surface area contributed by atoms with E-state index in [-0.39, 0.29) is 35.5 Å². The van der Waals surface area contributed by atoms with Crippen molar-refractivity contribution in [2.24, 2.45) is 5.92 Å². The van der Waals surface area contributed by atoms with Gasteiger partial charge in [-0.25, -0.2) is 0 Å². The highest BCUT2D eigenvalue weighted by Crippen LogP contribution is 2.54. The van der Waals surface area contributed by atoms with Crippen LogP contribution < -0.4 is 4.74 Å². The molecule has 1 saturated carbocycles. The lowest BCUT2D eigenvalue weighted by Gasteiger charge is -2.36. The molecular weight excluding hydrogens is 280 g/mol. The second-order valence-corrected chi connectivity index (χ2v) is 6.25. The number of hydrogen-bond donors (Lipinski definition) is 3. The lowest BCUT2D eigenvalue weighted by atomic mass is 9.80. The number of ether oxygens (including phenoxy) is 1. The molecule has 0 saturated heterocycles. The molecule has 2 aromatic carbocycles. The maximum absolute atomic E-state index is 10.1. The molecule has 1 fully saturated rings. The maximum atomic E-state index is 10.1. The molecule has 1 aliphatic heterocycles. The summed E-state index contributed by atoms with van der Waals surface area (Å²) in [6.07, 6.45) is 0.899. The fourth-order valence-electron chi connectivity index (χ4n) is 3.87. The zero-order chi connectivity index (χ0) is 15.3. The molecular formula is C18H18O4. The topological polar surface area (TPSA) is 69.9 Å². The van der Waals surface area contributed by atoms with Crippen LogP contribution in [0.5, 0.6) is 17.2 Å². The van der Waals surface area contributed by atoms with E-state index in [2.05, 4.69) is 0 Å². The lowest BCUT2D eigenvalue weighted by molar-refractivity contribution is 0.0960. The average molecular weight is 298 g/mol. The van der Waals surface area contributed by atoms with E-state index in [1.807, 2.05) is 12.1 Å². The summed E-state index contributed by atoms with van der Waals surface area (Å²) in [5.74, 6) is 1.59. The van der Waals surface area contributed by atoms with Crippen LogP contribution in [0.2, 0.25) is 0 Å². The number of fused-ring (bicyclic) bond motifs is 3. The van der Waals surface area contributed by atoms with Gasteiger partial charge in [-0.15, -0.1) is 0 Å². The van der Waals surface area contributed by atoms with Crippen LogP contribution in [0, 0.1) is 5.92 Å². The van der Waals surface area contributed by atoms with Crippen LogP contribution in [0.4, 0.5) is 0 Å². The Morgan fingerprint density at radius 1 is 0.909 bits per heavy atom. The standard InChI is InChI=1S/C18H18O4/c19-11-3-1-10(2-4-11)18-16-9-13(21)8-14(16)15-7-12(20)5-6-17(15)22-18/h1-7,13-14,16,18-21H,8-9H2/t13?,14-,16?,18?/m1/s1. The molecule has 2 aromatic rings. The van der Waals surface area contributed by atoms with Crippen molar-refractivity contribution in [2.45, 2.75) is 31.0 Å². The molecule has 1 heterocycles. The molecule has 4 rings (SSSR count).